The van der Waals surface area contributed by atoms with Gasteiger partial charge in [-0.3, -0.25) is 9.59 Å². The Morgan fingerprint density at radius 3 is 2.17 bits per heavy atom. The minimum absolute atomic E-state index is 0.152. The molecule has 0 radical (unpaired) electrons. The maximum absolute atomic E-state index is 12.0. The summed E-state index contributed by atoms with van der Waals surface area (Å²) < 4.78 is 0. The highest BCUT2D eigenvalue weighted by Gasteiger charge is 2.20. The van der Waals surface area contributed by atoms with Crippen LogP contribution in [-0.4, -0.2) is 30.9 Å². The van der Waals surface area contributed by atoms with E-state index >= 15 is 0 Å². The average Bonchev–Trinajstić information content (AvgIpc) is 3.11. The average molecular weight is 315 g/mol. The number of rotatable bonds is 3. The van der Waals surface area contributed by atoms with E-state index in [2.05, 4.69) is 15.5 Å². The molecule has 1 heterocycles. The van der Waals surface area contributed by atoms with Gasteiger partial charge in [0.05, 0.1) is 0 Å². The first-order valence-electron chi connectivity index (χ1n) is 8.69. The van der Waals surface area contributed by atoms with E-state index in [0.717, 1.165) is 38.8 Å². The predicted molar refractivity (Wildman–Crippen MR) is 91.5 cm³/mol. The SMILES string of the molecule is O=C(Nc1ccc(N2CCCC2)cc1)C(=O)NC1CCCCC1. The molecule has 1 saturated heterocycles. The zero-order valence-electron chi connectivity index (χ0n) is 13.5. The lowest BCUT2D eigenvalue weighted by atomic mass is 9.95. The Kier molecular flexibility index (Phi) is 5.16. The summed E-state index contributed by atoms with van der Waals surface area (Å²) in [6.45, 7) is 2.19. The molecule has 0 aromatic heterocycles. The maximum Gasteiger partial charge on any atom is 0.313 e. The van der Waals surface area contributed by atoms with Crippen molar-refractivity contribution in [2.24, 2.45) is 0 Å². The molecule has 2 aliphatic rings. The Hall–Kier alpha value is -2.04. The van der Waals surface area contributed by atoms with Gasteiger partial charge in [0.1, 0.15) is 0 Å². The summed E-state index contributed by atoms with van der Waals surface area (Å²) in [5.74, 6) is -1.11. The third kappa shape index (κ3) is 4.24. The molecular weight excluding hydrogens is 290 g/mol. The van der Waals surface area contributed by atoms with E-state index in [1.807, 2.05) is 24.3 Å². The highest BCUT2D eigenvalue weighted by atomic mass is 16.2. The lowest BCUT2D eigenvalue weighted by Crippen LogP contribution is -2.42. The number of benzene rings is 1. The molecule has 23 heavy (non-hydrogen) atoms. The van der Waals surface area contributed by atoms with Gasteiger partial charge in [0.2, 0.25) is 0 Å². The van der Waals surface area contributed by atoms with Crippen molar-refractivity contribution in [1.29, 1.82) is 0 Å². The largest absolute Gasteiger partial charge is 0.372 e. The third-order valence-electron chi connectivity index (χ3n) is 4.74. The molecule has 0 spiro atoms. The van der Waals surface area contributed by atoms with Gasteiger partial charge in [-0.25, -0.2) is 0 Å². The van der Waals surface area contributed by atoms with Gasteiger partial charge in [0.25, 0.3) is 0 Å². The quantitative estimate of drug-likeness (QED) is 0.843. The number of hydrogen-bond acceptors (Lipinski definition) is 3. The lowest BCUT2D eigenvalue weighted by molar-refractivity contribution is -0.136. The Balaban J connectivity index is 1.51. The van der Waals surface area contributed by atoms with E-state index in [4.69, 9.17) is 0 Å². The van der Waals surface area contributed by atoms with Crippen molar-refractivity contribution in [2.75, 3.05) is 23.3 Å². The minimum atomic E-state index is -0.579. The first-order chi connectivity index (χ1) is 11.2. The van der Waals surface area contributed by atoms with E-state index in [1.165, 1.54) is 24.9 Å². The van der Waals surface area contributed by atoms with E-state index < -0.39 is 11.8 Å². The fraction of sp³-hybridized carbons (Fsp3) is 0.556. The Morgan fingerprint density at radius 1 is 0.870 bits per heavy atom. The van der Waals surface area contributed by atoms with Crippen LogP contribution in [0.4, 0.5) is 11.4 Å². The summed E-state index contributed by atoms with van der Waals surface area (Å²) in [6, 6.07) is 7.87. The van der Waals surface area contributed by atoms with Crippen LogP contribution in [-0.2, 0) is 9.59 Å². The molecule has 1 saturated carbocycles. The second kappa shape index (κ2) is 7.49. The van der Waals surface area contributed by atoms with E-state index in [-0.39, 0.29) is 6.04 Å². The Bertz CT molecular complexity index is 544. The Labute approximate surface area is 137 Å². The molecule has 3 rings (SSSR count). The molecule has 124 valence electrons. The summed E-state index contributed by atoms with van der Waals surface area (Å²) in [5.41, 5.74) is 1.84. The van der Waals surface area contributed by atoms with E-state index in [1.54, 1.807) is 0 Å². The van der Waals surface area contributed by atoms with Crippen molar-refractivity contribution in [3.63, 3.8) is 0 Å². The summed E-state index contributed by atoms with van der Waals surface area (Å²) in [6.07, 6.45) is 7.91. The zero-order valence-corrected chi connectivity index (χ0v) is 13.5. The Morgan fingerprint density at radius 2 is 1.52 bits per heavy atom. The minimum Gasteiger partial charge on any atom is -0.372 e. The van der Waals surface area contributed by atoms with Gasteiger partial charge in [-0.1, -0.05) is 19.3 Å². The molecule has 5 heteroatoms. The summed E-state index contributed by atoms with van der Waals surface area (Å²) in [5, 5.41) is 5.52. The zero-order chi connectivity index (χ0) is 16.1. The van der Waals surface area contributed by atoms with Gasteiger partial charge >= 0.3 is 11.8 Å². The van der Waals surface area contributed by atoms with Crippen molar-refractivity contribution in [3.05, 3.63) is 24.3 Å². The smallest absolute Gasteiger partial charge is 0.313 e. The lowest BCUT2D eigenvalue weighted by Gasteiger charge is -2.22. The number of hydrogen-bond donors (Lipinski definition) is 2. The molecule has 2 amide bonds. The number of carbonyl (C=O) groups is 2. The van der Waals surface area contributed by atoms with Gasteiger partial charge in [-0.05, 0) is 49.9 Å². The molecule has 0 atom stereocenters. The van der Waals surface area contributed by atoms with Crippen LogP contribution in [0.2, 0.25) is 0 Å². The number of carbonyl (C=O) groups excluding carboxylic acids is 2. The van der Waals surface area contributed by atoms with Crippen molar-refractivity contribution in [3.8, 4) is 0 Å². The monoisotopic (exact) mass is 315 g/mol. The van der Waals surface area contributed by atoms with Crippen LogP contribution in [0, 0.1) is 0 Å². The highest BCUT2D eigenvalue weighted by Crippen LogP contribution is 2.22. The second-order valence-corrected chi connectivity index (χ2v) is 6.50. The molecule has 0 bridgehead atoms. The van der Waals surface area contributed by atoms with Crippen LogP contribution in [0.3, 0.4) is 0 Å². The number of amides is 2. The van der Waals surface area contributed by atoms with Gasteiger partial charge < -0.3 is 15.5 Å². The van der Waals surface area contributed by atoms with Crippen LogP contribution >= 0.6 is 0 Å². The standard InChI is InChI=1S/C18H25N3O2/c22-17(19-14-6-2-1-3-7-14)18(23)20-15-8-10-16(11-9-15)21-12-4-5-13-21/h8-11,14H,1-7,12-13H2,(H,19,22)(H,20,23). The van der Waals surface area contributed by atoms with Crippen LogP contribution in [0.1, 0.15) is 44.9 Å². The topological polar surface area (TPSA) is 61.4 Å². The molecule has 0 unspecified atom stereocenters. The molecule has 2 fully saturated rings. The van der Waals surface area contributed by atoms with Crippen molar-refractivity contribution < 1.29 is 9.59 Å². The highest BCUT2D eigenvalue weighted by molar-refractivity contribution is 6.39. The molecule has 5 nitrogen and oxygen atoms in total. The van der Waals surface area contributed by atoms with E-state index in [9.17, 15) is 9.59 Å². The van der Waals surface area contributed by atoms with Crippen LogP contribution in [0.25, 0.3) is 0 Å². The van der Waals surface area contributed by atoms with Crippen molar-refractivity contribution in [1.82, 2.24) is 5.32 Å². The van der Waals surface area contributed by atoms with E-state index in [0.29, 0.717) is 5.69 Å². The fourth-order valence-electron chi connectivity index (χ4n) is 3.42. The first-order valence-corrected chi connectivity index (χ1v) is 8.69. The molecule has 2 N–H and O–H groups in total. The fourth-order valence-corrected chi connectivity index (χ4v) is 3.42. The normalized spacial score (nSPS) is 18.7. The van der Waals surface area contributed by atoms with Gasteiger partial charge in [-0.2, -0.15) is 0 Å². The number of nitrogens with zero attached hydrogens (tertiary/aromatic N) is 1. The molecule has 1 aromatic rings. The third-order valence-corrected chi connectivity index (χ3v) is 4.74. The molecule has 1 aliphatic carbocycles. The predicted octanol–water partition coefficient (Wildman–Crippen LogP) is 2.67. The van der Waals surface area contributed by atoms with Gasteiger partial charge in [0.15, 0.2) is 0 Å². The molecule has 1 aliphatic heterocycles. The van der Waals surface area contributed by atoms with Crippen LogP contribution in [0.15, 0.2) is 24.3 Å². The van der Waals surface area contributed by atoms with Crippen molar-refractivity contribution >= 4 is 23.2 Å². The molecular formula is C18H25N3O2. The number of nitrogens with one attached hydrogen (secondary N) is 2. The van der Waals surface area contributed by atoms with Crippen LogP contribution < -0.4 is 15.5 Å². The first kappa shape index (κ1) is 15.8. The van der Waals surface area contributed by atoms with Crippen LogP contribution in [0.5, 0.6) is 0 Å². The summed E-state index contributed by atoms with van der Waals surface area (Å²) in [4.78, 5) is 26.3. The van der Waals surface area contributed by atoms with Gasteiger partial charge in [-0.15, -0.1) is 0 Å². The summed E-state index contributed by atoms with van der Waals surface area (Å²) >= 11 is 0. The van der Waals surface area contributed by atoms with Crippen molar-refractivity contribution in [2.45, 2.75) is 51.0 Å². The number of anilines is 2. The molecule has 1 aromatic carbocycles. The maximum atomic E-state index is 12.0. The van der Waals surface area contributed by atoms with Gasteiger partial charge in [0, 0.05) is 30.5 Å². The second-order valence-electron chi connectivity index (χ2n) is 6.50. The summed E-state index contributed by atoms with van der Waals surface area (Å²) in [7, 11) is 0.